The van der Waals surface area contributed by atoms with Gasteiger partial charge in [-0.3, -0.25) is 4.79 Å². The largest absolute Gasteiger partial charge is 0.495 e. The predicted molar refractivity (Wildman–Crippen MR) is 102 cm³/mol. The van der Waals surface area contributed by atoms with Crippen LogP contribution >= 0.6 is 11.6 Å². The molecule has 3 rings (SSSR count). The highest BCUT2D eigenvalue weighted by atomic mass is 35.5. The van der Waals surface area contributed by atoms with Gasteiger partial charge in [0.25, 0.3) is 0 Å². The quantitative estimate of drug-likeness (QED) is 0.758. The fourth-order valence-electron chi connectivity index (χ4n) is 2.81. The minimum absolute atomic E-state index is 0.127. The van der Waals surface area contributed by atoms with Crippen LogP contribution in [0.5, 0.6) is 17.2 Å². The van der Waals surface area contributed by atoms with Crippen LogP contribution in [-0.2, 0) is 11.2 Å². The number of hydrogen-bond donors (Lipinski definition) is 2. The average Bonchev–Trinajstić information content (AvgIpc) is 2.70. The summed E-state index contributed by atoms with van der Waals surface area (Å²) in [5, 5.41) is 13.6. The molecular weight excluding hydrogens is 370 g/mol. The molecule has 1 atom stereocenters. The fourth-order valence-corrected chi connectivity index (χ4v) is 3.09. The van der Waals surface area contributed by atoms with Gasteiger partial charge in [0.1, 0.15) is 19.0 Å². The van der Waals surface area contributed by atoms with Crippen LogP contribution in [0, 0.1) is 0 Å². The molecule has 2 aromatic rings. The van der Waals surface area contributed by atoms with Crippen molar-refractivity contribution < 1.29 is 24.1 Å². The van der Waals surface area contributed by atoms with Crippen molar-refractivity contribution in [3.8, 4) is 17.2 Å². The number of carbonyl (C=O) groups excluding carboxylic acids is 1. The number of fused-ring (bicyclic) bond motifs is 1. The second-order valence-electron chi connectivity index (χ2n) is 6.19. The standard InChI is InChI=1S/C20H22ClNO5/c1-25-17-5-2-13(10-15(17)21)3-7-20(24)22-12-16(23)14-4-6-18-19(11-14)27-9-8-26-18/h2,4-6,10-11,16,23H,3,7-9,12H2,1H3,(H,22,24). The molecule has 1 unspecified atom stereocenters. The first kappa shape index (κ1) is 19.3. The van der Waals surface area contributed by atoms with Crippen LogP contribution in [0.15, 0.2) is 36.4 Å². The molecule has 0 spiro atoms. The van der Waals surface area contributed by atoms with E-state index in [1.165, 1.54) is 0 Å². The van der Waals surface area contributed by atoms with Crippen molar-refractivity contribution in [2.45, 2.75) is 18.9 Å². The number of rotatable bonds is 7. The average molecular weight is 392 g/mol. The molecule has 1 heterocycles. The molecule has 27 heavy (non-hydrogen) atoms. The predicted octanol–water partition coefficient (Wildman–Crippen LogP) is 2.90. The van der Waals surface area contributed by atoms with Crippen molar-refractivity contribution in [1.29, 1.82) is 0 Å². The summed E-state index contributed by atoms with van der Waals surface area (Å²) < 4.78 is 16.1. The SMILES string of the molecule is COc1ccc(CCC(=O)NCC(O)c2ccc3c(c2)OCCO3)cc1Cl. The number of halogens is 1. The topological polar surface area (TPSA) is 77.0 Å². The molecule has 0 aliphatic carbocycles. The van der Waals surface area contributed by atoms with E-state index >= 15 is 0 Å². The van der Waals surface area contributed by atoms with E-state index in [2.05, 4.69) is 5.32 Å². The van der Waals surface area contributed by atoms with Gasteiger partial charge in [-0.25, -0.2) is 0 Å². The third-order valence-corrected chi connectivity index (χ3v) is 4.60. The number of ether oxygens (including phenoxy) is 3. The number of carbonyl (C=O) groups is 1. The lowest BCUT2D eigenvalue weighted by atomic mass is 10.1. The van der Waals surface area contributed by atoms with E-state index in [-0.39, 0.29) is 12.5 Å². The highest BCUT2D eigenvalue weighted by molar-refractivity contribution is 6.32. The van der Waals surface area contributed by atoms with Gasteiger partial charge in [-0.2, -0.15) is 0 Å². The first-order valence-corrected chi connectivity index (χ1v) is 9.11. The molecule has 1 aliphatic heterocycles. The van der Waals surface area contributed by atoms with Gasteiger partial charge in [-0.15, -0.1) is 0 Å². The summed E-state index contributed by atoms with van der Waals surface area (Å²) in [5.74, 6) is 1.74. The van der Waals surface area contributed by atoms with Crippen LogP contribution in [0.25, 0.3) is 0 Å². The highest BCUT2D eigenvalue weighted by Crippen LogP contribution is 2.32. The Morgan fingerprint density at radius 1 is 1.22 bits per heavy atom. The maximum Gasteiger partial charge on any atom is 0.220 e. The maximum absolute atomic E-state index is 12.1. The second kappa shape index (κ2) is 8.97. The van der Waals surface area contributed by atoms with Crippen molar-refractivity contribution in [3.63, 3.8) is 0 Å². The number of methoxy groups -OCH3 is 1. The highest BCUT2D eigenvalue weighted by Gasteiger charge is 2.16. The van der Waals surface area contributed by atoms with Crippen LogP contribution in [0.2, 0.25) is 5.02 Å². The molecule has 0 saturated heterocycles. The van der Waals surface area contributed by atoms with Gasteiger partial charge in [0, 0.05) is 13.0 Å². The van der Waals surface area contributed by atoms with Crippen molar-refractivity contribution >= 4 is 17.5 Å². The Morgan fingerprint density at radius 2 is 2.00 bits per heavy atom. The zero-order valence-electron chi connectivity index (χ0n) is 15.0. The Balaban J connectivity index is 1.48. The monoisotopic (exact) mass is 391 g/mol. The van der Waals surface area contributed by atoms with Crippen molar-refractivity contribution in [2.24, 2.45) is 0 Å². The molecule has 144 valence electrons. The first-order valence-electron chi connectivity index (χ1n) is 8.73. The Hall–Kier alpha value is -2.44. The van der Waals surface area contributed by atoms with Gasteiger partial charge in [0.15, 0.2) is 11.5 Å². The molecule has 1 aliphatic rings. The van der Waals surface area contributed by atoms with E-state index < -0.39 is 6.10 Å². The number of nitrogens with one attached hydrogen (secondary N) is 1. The molecule has 0 saturated carbocycles. The zero-order valence-corrected chi connectivity index (χ0v) is 15.8. The third-order valence-electron chi connectivity index (χ3n) is 4.30. The lowest BCUT2D eigenvalue weighted by molar-refractivity contribution is -0.121. The molecule has 1 amide bonds. The number of benzene rings is 2. The smallest absolute Gasteiger partial charge is 0.220 e. The van der Waals surface area contributed by atoms with Gasteiger partial charge in [0.05, 0.1) is 18.2 Å². The lowest BCUT2D eigenvalue weighted by Crippen LogP contribution is -2.28. The van der Waals surface area contributed by atoms with E-state index in [9.17, 15) is 9.90 Å². The maximum atomic E-state index is 12.1. The van der Waals surface area contributed by atoms with Crippen LogP contribution in [0.1, 0.15) is 23.7 Å². The second-order valence-corrected chi connectivity index (χ2v) is 6.60. The minimum atomic E-state index is -0.819. The Labute approximate surface area is 163 Å². The lowest BCUT2D eigenvalue weighted by Gasteiger charge is -2.20. The number of aliphatic hydroxyl groups is 1. The molecule has 2 aromatic carbocycles. The van der Waals surface area contributed by atoms with Crippen LogP contribution in [0.4, 0.5) is 0 Å². The van der Waals surface area contributed by atoms with Crippen LogP contribution < -0.4 is 19.5 Å². The number of aliphatic hydroxyl groups excluding tert-OH is 1. The summed E-state index contributed by atoms with van der Waals surface area (Å²) in [7, 11) is 1.56. The summed E-state index contributed by atoms with van der Waals surface area (Å²) in [5.41, 5.74) is 1.62. The Morgan fingerprint density at radius 3 is 2.74 bits per heavy atom. The molecule has 0 radical (unpaired) electrons. The molecule has 0 fully saturated rings. The Bertz CT molecular complexity index is 811. The van der Waals surface area contributed by atoms with E-state index in [0.717, 1.165) is 5.56 Å². The summed E-state index contributed by atoms with van der Waals surface area (Å²) in [6.07, 6.45) is 0.0341. The Kier molecular flexibility index (Phi) is 6.42. The van der Waals surface area contributed by atoms with Crippen molar-refractivity contribution in [1.82, 2.24) is 5.32 Å². The van der Waals surface area contributed by atoms with Gasteiger partial charge in [-0.1, -0.05) is 23.7 Å². The van der Waals surface area contributed by atoms with Gasteiger partial charge in [-0.05, 0) is 41.8 Å². The summed E-state index contributed by atoms with van der Waals surface area (Å²) in [6, 6.07) is 10.7. The van der Waals surface area contributed by atoms with Gasteiger partial charge >= 0.3 is 0 Å². The minimum Gasteiger partial charge on any atom is -0.495 e. The van der Waals surface area contributed by atoms with Gasteiger partial charge in [0.2, 0.25) is 5.91 Å². The van der Waals surface area contributed by atoms with E-state index in [1.807, 2.05) is 6.07 Å². The van der Waals surface area contributed by atoms with E-state index in [0.29, 0.717) is 53.9 Å². The summed E-state index contributed by atoms with van der Waals surface area (Å²) in [6.45, 7) is 1.13. The number of hydrogen-bond acceptors (Lipinski definition) is 5. The molecule has 7 heteroatoms. The van der Waals surface area contributed by atoms with Crippen LogP contribution in [0.3, 0.4) is 0 Å². The first-order chi connectivity index (χ1) is 13.1. The van der Waals surface area contributed by atoms with Crippen molar-refractivity contribution in [2.75, 3.05) is 26.9 Å². The molecule has 0 aromatic heterocycles. The zero-order chi connectivity index (χ0) is 19.2. The molecular formula is C20H22ClNO5. The van der Waals surface area contributed by atoms with Crippen LogP contribution in [-0.4, -0.2) is 37.9 Å². The molecule has 0 bridgehead atoms. The molecule has 6 nitrogen and oxygen atoms in total. The summed E-state index contributed by atoms with van der Waals surface area (Å²) in [4.78, 5) is 12.1. The third kappa shape index (κ3) is 5.05. The van der Waals surface area contributed by atoms with E-state index in [4.69, 9.17) is 25.8 Å². The van der Waals surface area contributed by atoms with Crippen molar-refractivity contribution in [3.05, 3.63) is 52.5 Å². The van der Waals surface area contributed by atoms with Gasteiger partial charge < -0.3 is 24.6 Å². The summed E-state index contributed by atoms with van der Waals surface area (Å²) >= 11 is 6.09. The number of aryl methyl sites for hydroxylation is 1. The van der Waals surface area contributed by atoms with E-state index in [1.54, 1.807) is 37.4 Å². The number of amides is 1. The normalized spacial score (nSPS) is 13.7. The molecule has 2 N–H and O–H groups in total. The fraction of sp³-hybridized carbons (Fsp3) is 0.350.